The molecule has 4 rings (SSSR count). The van der Waals surface area contributed by atoms with Crippen LogP contribution in [-0.4, -0.2) is 42.9 Å². The molecular weight excluding hydrogens is 354 g/mol. The largest absolute Gasteiger partial charge is 0.310 e. The van der Waals surface area contributed by atoms with Crippen LogP contribution in [0.3, 0.4) is 0 Å². The Morgan fingerprint density at radius 3 is 2.72 bits per heavy atom. The summed E-state index contributed by atoms with van der Waals surface area (Å²) < 4.78 is 28.9. The molecule has 2 saturated heterocycles. The summed E-state index contributed by atoms with van der Waals surface area (Å²) in [6.45, 7) is 7.56. The lowest BCUT2D eigenvalue weighted by Gasteiger charge is -2.23. The van der Waals surface area contributed by atoms with Gasteiger partial charge < -0.3 is 5.32 Å². The van der Waals surface area contributed by atoms with Crippen molar-refractivity contribution in [2.45, 2.75) is 62.4 Å². The van der Waals surface area contributed by atoms with Gasteiger partial charge in [0.05, 0.1) is 20.1 Å². The van der Waals surface area contributed by atoms with Crippen LogP contribution in [0, 0.1) is 0 Å². The Labute approximate surface area is 153 Å². The van der Waals surface area contributed by atoms with Gasteiger partial charge in [0, 0.05) is 30.6 Å². The van der Waals surface area contributed by atoms with Crippen LogP contribution < -0.4 is 5.32 Å². The van der Waals surface area contributed by atoms with Crippen LogP contribution in [-0.2, 0) is 15.4 Å². The number of aromatic nitrogens is 1. The van der Waals surface area contributed by atoms with Crippen LogP contribution in [0.2, 0.25) is 0 Å². The van der Waals surface area contributed by atoms with Crippen LogP contribution in [0.1, 0.15) is 45.0 Å². The number of rotatable bonds is 2. The Balaban J connectivity index is 1.67. The minimum absolute atomic E-state index is 0.0293. The van der Waals surface area contributed by atoms with E-state index in [4.69, 9.17) is 0 Å². The highest BCUT2D eigenvalue weighted by atomic mass is 32.2. The molecule has 1 aromatic carbocycles. The van der Waals surface area contributed by atoms with Gasteiger partial charge in [0.25, 0.3) is 0 Å². The van der Waals surface area contributed by atoms with Gasteiger partial charge >= 0.3 is 0 Å². The first-order chi connectivity index (χ1) is 11.7. The average molecular weight is 380 g/mol. The van der Waals surface area contributed by atoms with Gasteiger partial charge in [-0.3, -0.25) is 0 Å². The highest BCUT2D eigenvalue weighted by Crippen LogP contribution is 2.33. The van der Waals surface area contributed by atoms with E-state index in [1.54, 1.807) is 27.8 Å². The number of hydrogen-bond donors (Lipinski definition) is 1. The molecule has 2 aromatic rings. The number of nitrogens with one attached hydrogen (secondary N) is 1. The van der Waals surface area contributed by atoms with E-state index >= 15 is 0 Å². The summed E-state index contributed by atoms with van der Waals surface area (Å²) in [4.78, 5) is 5.06. The zero-order valence-electron chi connectivity index (χ0n) is 14.9. The predicted molar refractivity (Wildman–Crippen MR) is 102 cm³/mol. The maximum Gasteiger partial charge on any atom is 0.243 e. The Bertz CT molecular complexity index is 899. The highest BCUT2D eigenvalue weighted by molar-refractivity contribution is 7.89. The maximum absolute atomic E-state index is 13.1. The summed E-state index contributed by atoms with van der Waals surface area (Å²) in [6.07, 6.45) is 3.13. The zero-order chi connectivity index (χ0) is 17.8. The van der Waals surface area contributed by atoms with E-state index in [-0.39, 0.29) is 5.41 Å². The first-order valence-corrected chi connectivity index (χ1v) is 11.2. The first-order valence-electron chi connectivity index (χ1n) is 8.91. The zero-order valence-corrected chi connectivity index (χ0v) is 16.6. The van der Waals surface area contributed by atoms with Crippen molar-refractivity contribution in [2.24, 2.45) is 0 Å². The van der Waals surface area contributed by atoms with Gasteiger partial charge in [-0.25, -0.2) is 13.4 Å². The molecule has 25 heavy (non-hydrogen) atoms. The number of hydrogen-bond acceptors (Lipinski definition) is 5. The van der Waals surface area contributed by atoms with E-state index in [1.807, 2.05) is 6.07 Å². The van der Waals surface area contributed by atoms with E-state index < -0.39 is 10.0 Å². The van der Waals surface area contributed by atoms with Crippen LogP contribution in [0.15, 0.2) is 23.1 Å². The van der Waals surface area contributed by atoms with Crippen molar-refractivity contribution >= 4 is 31.6 Å². The molecule has 2 aliphatic rings. The van der Waals surface area contributed by atoms with E-state index in [9.17, 15) is 8.42 Å². The van der Waals surface area contributed by atoms with E-state index in [2.05, 4.69) is 31.1 Å². The molecule has 2 fully saturated rings. The second-order valence-corrected chi connectivity index (χ2v) is 11.2. The van der Waals surface area contributed by atoms with Gasteiger partial charge in [-0.1, -0.05) is 20.8 Å². The van der Waals surface area contributed by atoms with Crippen molar-refractivity contribution in [3.63, 3.8) is 0 Å². The molecule has 3 heterocycles. The van der Waals surface area contributed by atoms with E-state index in [0.29, 0.717) is 30.1 Å². The van der Waals surface area contributed by atoms with Crippen LogP contribution in [0.5, 0.6) is 0 Å². The third kappa shape index (κ3) is 3.23. The minimum atomic E-state index is -3.45. The molecule has 1 aromatic heterocycles. The highest BCUT2D eigenvalue weighted by Gasteiger charge is 2.35. The molecule has 0 aliphatic carbocycles. The average Bonchev–Trinajstić information content (AvgIpc) is 3.08. The Morgan fingerprint density at radius 2 is 1.96 bits per heavy atom. The molecule has 0 spiro atoms. The number of fused-ring (bicyclic) bond motifs is 3. The fourth-order valence-electron chi connectivity index (χ4n) is 3.66. The normalized spacial score (nSPS) is 25.4. The quantitative estimate of drug-likeness (QED) is 0.871. The molecule has 2 bridgehead atoms. The Morgan fingerprint density at radius 1 is 1.20 bits per heavy atom. The topological polar surface area (TPSA) is 62.3 Å². The lowest BCUT2D eigenvalue weighted by molar-refractivity contribution is 0.383. The molecule has 2 atom stereocenters. The molecule has 5 nitrogen and oxygen atoms in total. The molecule has 0 amide bonds. The molecule has 136 valence electrons. The van der Waals surface area contributed by atoms with Crippen molar-refractivity contribution in [3.05, 3.63) is 23.2 Å². The van der Waals surface area contributed by atoms with Gasteiger partial charge in [-0.05, 0) is 37.5 Å². The van der Waals surface area contributed by atoms with Gasteiger partial charge in [-0.15, -0.1) is 11.3 Å². The molecular formula is C18H25N3O2S2. The summed E-state index contributed by atoms with van der Waals surface area (Å²) in [5, 5.41) is 4.58. The van der Waals surface area contributed by atoms with E-state index in [1.165, 1.54) is 6.42 Å². The second-order valence-electron chi connectivity index (χ2n) is 8.19. The number of benzene rings is 1. The monoisotopic (exact) mass is 379 g/mol. The molecule has 0 saturated carbocycles. The van der Waals surface area contributed by atoms with Gasteiger partial charge in [0.15, 0.2) is 0 Å². The first kappa shape index (κ1) is 17.4. The molecule has 7 heteroatoms. The van der Waals surface area contributed by atoms with Gasteiger partial charge in [0.1, 0.15) is 0 Å². The summed E-state index contributed by atoms with van der Waals surface area (Å²) in [6, 6.07) is 6.12. The lowest BCUT2D eigenvalue weighted by Crippen LogP contribution is -2.39. The number of thiazole rings is 1. The van der Waals surface area contributed by atoms with Crippen molar-refractivity contribution < 1.29 is 8.42 Å². The third-order valence-corrected chi connectivity index (χ3v) is 8.43. The third-order valence-electron chi connectivity index (χ3n) is 5.13. The Hall–Kier alpha value is -1.02. The van der Waals surface area contributed by atoms with E-state index in [0.717, 1.165) is 28.1 Å². The van der Waals surface area contributed by atoms with Crippen LogP contribution in [0.4, 0.5) is 0 Å². The van der Waals surface area contributed by atoms with Crippen molar-refractivity contribution in [3.8, 4) is 0 Å². The van der Waals surface area contributed by atoms with Crippen molar-refractivity contribution in [1.29, 1.82) is 0 Å². The van der Waals surface area contributed by atoms with Crippen LogP contribution >= 0.6 is 11.3 Å². The summed E-state index contributed by atoms with van der Waals surface area (Å²) in [7, 11) is -3.45. The van der Waals surface area contributed by atoms with Crippen molar-refractivity contribution in [1.82, 2.24) is 14.6 Å². The maximum atomic E-state index is 13.1. The fraction of sp³-hybridized carbons (Fsp3) is 0.611. The summed E-state index contributed by atoms with van der Waals surface area (Å²) in [5.41, 5.74) is 0.851. The molecule has 2 unspecified atom stereocenters. The smallest absolute Gasteiger partial charge is 0.243 e. The summed E-state index contributed by atoms with van der Waals surface area (Å²) >= 11 is 1.59. The lowest BCUT2D eigenvalue weighted by atomic mass is 9.98. The SMILES string of the molecule is CC(C)(C)c1nc2ccc(S(=O)(=O)N3CCC4CCC(C3)N4)cc2s1. The molecule has 2 aliphatic heterocycles. The Kier molecular flexibility index (Phi) is 4.18. The van der Waals surface area contributed by atoms with Crippen LogP contribution in [0.25, 0.3) is 10.2 Å². The predicted octanol–water partition coefficient (Wildman–Crippen LogP) is 3.11. The standard InChI is InChI=1S/C18H25N3O2S2/c1-18(2,3)17-20-15-7-6-14(10-16(15)24-17)25(22,23)21-9-8-12-4-5-13(11-21)19-12/h6-7,10,12-13,19H,4-5,8-9,11H2,1-3H3. The minimum Gasteiger partial charge on any atom is -0.310 e. The number of sulfonamides is 1. The van der Waals surface area contributed by atoms with Gasteiger partial charge in [0.2, 0.25) is 10.0 Å². The van der Waals surface area contributed by atoms with Gasteiger partial charge in [-0.2, -0.15) is 4.31 Å². The number of nitrogens with zero attached hydrogens (tertiary/aromatic N) is 2. The molecule has 1 N–H and O–H groups in total. The second kappa shape index (κ2) is 6.01. The van der Waals surface area contributed by atoms with Crippen molar-refractivity contribution in [2.75, 3.05) is 13.1 Å². The summed E-state index contributed by atoms with van der Waals surface area (Å²) in [5.74, 6) is 0. The fourth-order valence-corrected chi connectivity index (χ4v) is 6.33. The molecule has 0 radical (unpaired) electrons.